The molecule has 0 saturated carbocycles. The number of ether oxygens (including phenoxy) is 1. The Bertz CT molecular complexity index is 252. The lowest BCUT2D eigenvalue weighted by Crippen LogP contribution is -2.44. The summed E-state index contributed by atoms with van der Waals surface area (Å²) in [5.41, 5.74) is 0. The van der Waals surface area contributed by atoms with E-state index in [2.05, 4.69) is 10.6 Å². The molecule has 0 bridgehead atoms. The van der Waals surface area contributed by atoms with E-state index in [1.165, 1.54) is 0 Å². The van der Waals surface area contributed by atoms with Crippen molar-refractivity contribution in [2.75, 3.05) is 26.3 Å². The van der Waals surface area contributed by atoms with Gasteiger partial charge in [-0.1, -0.05) is 0 Å². The third-order valence-electron chi connectivity index (χ3n) is 2.67. The van der Waals surface area contributed by atoms with Gasteiger partial charge in [-0.05, 0) is 13.3 Å². The van der Waals surface area contributed by atoms with Gasteiger partial charge < -0.3 is 15.4 Å². The highest BCUT2D eigenvalue weighted by atomic mass is 19.4. The van der Waals surface area contributed by atoms with Crippen LogP contribution in [-0.2, 0) is 9.53 Å². The molecule has 1 heterocycles. The first-order valence-electron chi connectivity index (χ1n) is 5.53. The third-order valence-corrected chi connectivity index (χ3v) is 2.67. The fourth-order valence-electron chi connectivity index (χ4n) is 1.69. The number of carbonyl (C=O) groups is 1. The second-order valence-corrected chi connectivity index (χ2v) is 4.20. The van der Waals surface area contributed by atoms with Gasteiger partial charge in [-0.3, -0.25) is 4.79 Å². The average molecular weight is 254 g/mol. The van der Waals surface area contributed by atoms with Crippen molar-refractivity contribution in [3.8, 4) is 0 Å². The van der Waals surface area contributed by atoms with Gasteiger partial charge in [0.05, 0.1) is 19.7 Å². The quantitative estimate of drug-likeness (QED) is 0.758. The van der Waals surface area contributed by atoms with Crippen LogP contribution in [0.5, 0.6) is 0 Å². The molecule has 1 saturated heterocycles. The van der Waals surface area contributed by atoms with Gasteiger partial charge >= 0.3 is 6.18 Å². The fourth-order valence-corrected chi connectivity index (χ4v) is 1.69. The molecule has 0 aromatic rings. The molecular weight excluding hydrogens is 237 g/mol. The van der Waals surface area contributed by atoms with E-state index in [0.29, 0.717) is 13.2 Å². The maximum atomic E-state index is 11.8. The summed E-state index contributed by atoms with van der Waals surface area (Å²) < 4.78 is 40.6. The smallest absolute Gasteiger partial charge is 0.381 e. The molecule has 0 spiro atoms. The lowest BCUT2D eigenvalue weighted by molar-refractivity contribution is -0.128. The second kappa shape index (κ2) is 6.20. The second-order valence-electron chi connectivity index (χ2n) is 4.20. The molecule has 100 valence electrons. The Labute approximate surface area is 97.9 Å². The third kappa shape index (κ3) is 5.88. The summed E-state index contributed by atoms with van der Waals surface area (Å²) in [5, 5.41) is 4.71. The van der Waals surface area contributed by atoms with E-state index in [4.69, 9.17) is 4.74 Å². The zero-order chi connectivity index (χ0) is 12.9. The van der Waals surface area contributed by atoms with Gasteiger partial charge in [0.25, 0.3) is 0 Å². The molecule has 2 N–H and O–H groups in total. The molecule has 4 nitrogen and oxygen atoms in total. The molecular formula is C10H17F3N2O2. The Morgan fingerprint density at radius 2 is 2.24 bits per heavy atom. The number of alkyl halides is 3. The SMILES string of the molecule is CC(NC(=O)CNCC(F)(F)F)C1CCOC1. The van der Waals surface area contributed by atoms with Crippen molar-refractivity contribution < 1.29 is 22.7 Å². The van der Waals surface area contributed by atoms with Crippen LogP contribution in [0.15, 0.2) is 0 Å². The summed E-state index contributed by atoms with van der Waals surface area (Å²) in [5.74, 6) is -0.171. The summed E-state index contributed by atoms with van der Waals surface area (Å²) >= 11 is 0. The Kier molecular flexibility index (Phi) is 5.20. The first kappa shape index (κ1) is 14.2. The molecule has 1 amide bonds. The number of hydrogen-bond acceptors (Lipinski definition) is 3. The number of nitrogens with one attached hydrogen (secondary N) is 2. The topological polar surface area (TPSA) is 50.4 Å². The van der Waals surface area contributed by atoms with Crippen LogP contribution >= 0.6 is 0 Å². The zero-order valence-electron chi connectivity index (χ0n) is 9.64. The Morgan fingerprint density at radius 3 is 2.76 bits per heavy atom. The van der Waals surface area contributed by atoms with Crippen LogP contribution in [0.3, 0.4) is 0 Å². The Hall–Kier alpha value is -0.820. The standard InChI is InChI=1S/C10H17F3N2O2/c1-7(8-2-3-17-5-8)15-9(16)4-14-6-10(11,12)13/h7-8,14H,2-6H2,1H3,(H,15,16). The van der Waals surface area contributed by atoms with E-state index in [1.807, 2.05) is 6.92 Å². The van der Waals surface area contributed by atoms with Gasteiger partial charge in [-0.25, -0.2) is 0 Å². The molecule has 1 rings (SSSR count). The van der Waals surface area contributed by atoms with Crippen LogP contribution in [0.4, 0.5) is 13.2 Å². The van der Waals surface area contributed by atoms with Crippen LogP contribution in [0.2, 0.25) is 0 Å². The van der Waals surface area contributed by atoms with E-state index in [1.54, 1.807) is 0 Å². The van der Waals surface area contributed by atoms with E-state index in [-0.39, 0.29) is 18.5 Å². The number of carbonyl (C=O) groups excluding carboxylic acids is 1. The molecule has 7 heteroatoms. The molecule has 17 heavy (non-hydrogen) atoms. The highest BCUT2D eigenvalue weighted by molar-refractivity contribution is 5.78. The van der Waals surface area contributed by atoms with Crippen LogP contribution in [-0.4, -0.2) is 44.4 Å². The van der Waals surface area contributed by atoms with Gasteiger partial charge in [0.1, 0.15) is 0 Å². The number of hydrogen-bond donors (Lipinski definition) is 2. The number of amides is 1. The number of rotatable bonds is 5. The van der Waals surface area contributed by atoms with E-state index in [0.717, 1.165) is 6.42 Å². The van der Waals surface area contributed by atoms with Gasteiger partial charge in [-0.2, -0.15) is 13.2 Å². The summed E-state index contributed by atoms with van der Waals surface area (Å²) in [7, 11) is 0. The molecule has 2 unspecified atom stereocenters. The lowest BCUT2D eigenvalue weighted by Gasteiger charge is -2.19. The highest BCUT2D eigenvalue weighted by Crippen LogP contribution is 2.16. The van der Waals surface area contributed by atoms with Crippen molar-refractivity contribution in [3.63, 3.8) is 0 Å². The van der Waals surface area contributed by atoms with Crippen LogP contribution < -0.4 is 10.6 Å². The van der Waals surface area contributed by atoms with Crippen molar-refractivity contribution in [3.05, 3.63) is 0 Å². The molecule has 0 aliphatic carbocycles. The van der Waals surface area contributed by atoms with Crippen LogP contribution in [0.25, 0.3) is 0 Å². The van der Waals surface area contributed by atoms with E-state index >= 15 is 0 Å². The Balaban J connectivity index is 2.15. The van der Waals surface area contributed by atoms with E-state index in [9.17, 15) is 18.0 Å². The fraction of sp³-hybridized carbons (Fsp3) is 0.900. The molecule has 0 aromatic heterocycles. The molecule has 0 aromatic carbocycles. The normalized spacial score (nSPS) is 22.5. The Morgan fingerprint density at radius 1 is 1.53 bits per heavy atom. The maximum Gasteiger partial charge on any atom is 0.401 e. The largest absolute Gasteiger partial charge is 0.401 e. The van der Waals surface area contributed by atoms with Gasteiger partial charge in [0.2, 0.25) is 5.91 Å². The first-order valence-corrected chi connectivity index (χ1v) is 5.53. The summed E-state index contributed by atoms with van der Waals surface area (Å²) in [4.78, 5) is 11.3. The van der Waals surface area contributed by atoms with Crippen molar-refractivity contribution in [2.24, 2.45) is 5.92 Å². The molecule has 1 aliphatic heterocycles. The summed E-state index contributed by atoms with van der Waals surface area (Å²) in [6, 6.07) is -0.0716. The van der Waals surface area contributed by atoms with Crippen molar-refractivity contribution in [2.45, 2.75) is 25.6 Å². The first-order chi connectivity index (χ1) is 7.88. The minimum atomic E-state index is -4.29. The summed E-state index contributed by atoms with van der Waals surface area (Å²) in [6.45, 7) is 1.63. The highest BCUT2D eigenvalue weighted by Gasteiger charge is 2.27. The predicted octanol–water partition coefficient (Wildman–Crippen LogP) is 0.679. The maximum absolute atomic E-state index is 11.8. The molecule has 0 radical (unpaired) electrons. The van der Waals surface area contributed by atoms with Gasteiger partial charge in [0.15, 0.2) is 0 Å². The number of halogens is 3. The molecule has 2 atom stereocenters. The van der Waals surface area contributed by atoms with E-state index < -0.39 is 18.6 Å². The predicted molar refractivity (Wildman–Crippen MR) is 55.5 cm³/mol. The average Bonchev–Trinajstić information content (AvgIpc) is 2.67. The van der Waals surface area contributed by atoms with Gasteiger partial charge in [-0.15, -0.1) is 0 Å². The summed E-state index contributed by atoms with van der Waals surface area (Å²) in [6.07, 6.45) is -3.41. The monoisotopic (exact) mass is 254 g/mol. The molecule has 1 fully saturated rings. The van der Waals surface area contributed by atoms with Crippen molar-refractivity contribution in [1.82, 2.24) is 10.6 Å². The minimum absolute atomic E-state index is 0.0716. The van der Waals surface area contributed by atoms with Crippen molar-refractivity contribution in [1.29, 1.82) is 0 Å². The molecule has 1 aliphatic rings. The minimum Gasteiger partial charge on any atom is -0.381 e. The lowest BCUT2D eigenvalue weighted by atomic mass is 10.0. The van der Waals surface area contributed by atoms with Crippen molar-refractivity contribution >= 4 is 5.91 Å². The van der Waals surface area contributed by atoms with Crippen LogP contribution in [0.1, 0.15) is 13.3 Å². The zero-order valence-corrected chi connectivity index (χ0v) is 9.64. The van der Waals surface area contributed by atoms with Gasteiger partial charge in [0, 0.05) is 18.6 Å². The van der Waals surface area contributed by atoms with Crippen LogP contribution in [0, 0.1) is 5.92 Å².